The van der Waals surface area contributed by atoms with E-state index in [0.29, 0.717) is 6.54 Å². The molecule has 0 aromatic heterocycles. The molecular formula is C14H26N2O4S. The lowest BCUT2D eigenvalue weighted by Gasteiger charge is -2.21. The van der Waals surface area contributed by atoms with E-state index in [1.54, 1.807) is 25.6 Å². The lowest BCUT2D eigenvalue weighted by molar-refractivity contribution is -0.139. The van der Waals surface area contributed by atoms with Gasteiger partial charge < -0.3 is 10.4 Å². The summed E-state index contributed by atoms with van der Waals surface area (Å²) >= 11 is 1.80. The fourth-order valence-corrected chi connectivity index (χ4v) is 2.36. The van der Waals surface area contributed by atoms with Crippen molar-refractivity contribution in [3.05, 3.63) is 0 Å². The number of hydrogen-bond acceptors (Lipinski definition) is 4. The quantitative estimate of drug-likeness (QED) is 0.537. The second-order valence-electron chi connectivity index (χ2n) is 5.77. The second-order valence-corrected chi connectivity index (χ2v) is 6.75. The minimum Gasteiger partial charge on any atom is -0.481 e. The summed E-state index contributed by atoms with van der Waals surface area (Å²) in [5.74, 6) is -0.299. The number of hydrogen-bond donors (Lipinski definition) is 3. The molecule has 0 unspecified atom stereocenters. The third-order valence-corrected chi connectivity index (χ3v) is 3.53. The summed E-state index contributed by atoms with van der Waals surface area (Å²) in [7, 11) is 0. The fourth-order valence-electron chi connectivity index (χ4n) is 1.87. The Morgan fingerprint density at radius 3 is 2.33 bits per heavy atom. The maximum absolute atomic E-state index is 11.7. The lowest BCUT2D eigenvalue weighted by atomic mass is 9.85. The zero-order chi connectivity index (χ0) is 16.3. The molecule has 3 amide bonds. The van der Waals surface area contributed by atoms with Crippen LogP contribution in [0.1, 0.15) is 46.0 Å². The Labute approximate surface area is 130 Å². The van der Waals surface area contributed by atoms with Crippen LogP contribution in [0.15, 0.2) is 0 Å². The van der Waals surface area contributed by atoms with Crippen molar-refractivity contribution in [3.63, 3.8) is 0 Å². The fraction of sp³-hybridized carbons (Fsp3) is 0.786. The van der Waals surface area contributed by atoms with Crippen molar-refractivity contribution in [2.75, 3.05) is 18.6 Å². The zero-order valence-electron chi connectivity index (χ0n) is 13.0. The van der Waals surface area contributed by atoms with E-state index in [-0.39, 0.29) is 12.8 Å². The first-order valence-electron chi connectivity index (χ1n) is 7.05. The zero-order valence-corrected chi connectivity index (χ0v) is 13.8. The number of rotatable bonds is 10. The monoisotopic (exact) mass is 318 g/mol. The van der Waals surface area contributed by atoms with Crippen molar-refractivity contribution in [2.24, 2.45) is 5.41 Å². The number of imide groups is 1. The molecule has 0 fully saturated rings. The molecule has 0 aliphatic heterocycles. The van der Waals surface area contributed by atoms with Crippen molar-refractivity contribution in [2.45, 2.75) is 46.0 Å². The average molecular weight is 318 g/mol. The van der Waals surface area contributed by atoms with Crippen LogP contribution in [0.2, 0.25) is 0 Å². The van der Waals surface area contributed by atoms with Crippen LogP contribution < -0.4 is 10.6 Å². The number of carboxylic acids is 1. The van der Waals surface area contributed by atoms with Crippen LogP contribution in [0.5, 0.6) is 0 Å². The first-order valence-corrected chi connectivity index (χ1v) is 8.44. The summed E-state index contributed by atoms with van der Waals surface area (Å²) in [5, 5.41) is 13.6. The largest absolute Gasteiger partial charge is 0.481 e. The number of carboxylic acid groups (broad SMARTS) is 1. The van der Waals surface area contributed by atoms with Gasteiger partial charge in [0, 0.05) is 13.0 Å². The molecule has 0 saturated carbocycles. The van der Waals surface area contributed by atoms with Crippen molar-refractivity contribution in [1.82, 2.24) is 10.6 Å². The van der Waals surface area contributed by atoms with Crippen LogP contribution >= 0.6 is 11.8 Å². The molecule has 0 aromatic rings. The van der Waals surface area contributed by atoms with Gasteiger partial charge in [0.15, 0.2) is 0 Å². The smallest absolute Gasteiger partial charge is 0.321 e. The molecule has 0 aliphatic carbocycles. The predicted molar refractivity (Wildman–Crippen MR) is 84.4 cm³/mol. The van der Waals surface area contributed by atoms with Crippen LogP contribution in [0.3, 0.4) is 0 Å². The maximum atomic E-state index is 11.7. The van der Waals surface area contributed by atoms with Crippen LogP contribution in [0.4, 0.5) is 4.79 Å². The van der Waals surface area contributed by atoms with Gasteiger partial charge in [-0.2, -0.15) is 11.8 Å². The Bertz CT molecular complexity index is 359. The third kappa shape index (κ3) is 12.2. The van der Waals surface area contributed by atoms with Gasteiger partial charge in [-0.05, 0) is 30.3 Å². The van der Waals surface area contributed by atoms with E-state index in [0.717, 1.165) is 25.0 Å². The number of unbranched alkanes of at least 4 members (excludes halogenated alkanes) is 2. The van der Waals surface area contributed by atoms with Crippen LogP contribution in [0, 0.1) is 5.41 Å². The molecule has 0 radical (unpaired) electrons. The summed E-state index contributed by atoms with van der Waals surface area (Å²) < 4.78 is 0. The molecule has 7 heteroatoms. The highest BCUT2D eigenvalue weighted by atomic mass is 32.2. The molecule has 0 bridgehead atoms. The number of amides is 3. The minimum atomic E-state index is -0.956. The van der Waals surface area contributed by atoms with Gasteiger partial charge in [0.25, 0.3) is 0 Å². The Hall–Kier alpha value is -1.24. The van der Waals surface area contributed by atoms with E-state index in [4.69, 9.17) is 5.11 Å². The summed E-state index contributed by atoms with van der Waals surface area (Å²) in [4.78, 5) is 33.8. The maximum Gasteiger partial charge on any atom is 0.321 e. The van der Waals surface area contributed by atoms with Gasteiger partial charge in [-0.3, -0.25) is 14.9 Å². The summed E-state index contributed by atoms with van der Waals surface area (Å²) in [6.07, 6.45) is 4.99. The van der Waals surface area contributed by atoms with Gasteiger partial charge in [-0.15, -0.1) is 0 Å². The number of carbonyl (C=O) groups is 3. The lowest BCUT2D eigenvalue weighted by Crippen LogP contribution is -2.41. The molecule has 122 valence electrons. The Kier molecular flexibility index (Phi) is 9.86. The molecule has 3 N–H and O–H groups in total. The molecule has 0 rings (SSSR count). The van der Waals surface area contributed by atoms with Crippen LogP contribution in [0.25, 0.3) is 0 Å². The molecule has 0 atom stereocenters. The minimum absolute atomic E-state index is 0.000440. The van der Waals surface area contributed by atoms with E-state index in [2.05, 4.69) is 16.9 Å². The topological polar surface area (TPSA) is 95.5 Å². The van der Waals surface area contributed by atoms with Crippen molar-refractivity contribution in [1.29, 1.82) is 0 Å². The molecule has 6 nitrogen and oxygen atoms in total. The predicted octanol–water partition coefficient (Wildman–Crippen LogP) is 2.24. The van der Waals surface area contributed by atoms with Gasteiger partial charge >= 0.3 is 12.0 Å². The van der Waals surface area contributed by atoms with E-state index < -0.39 is 23.3 Å². The summed E-state index contributed by atoms with van der Waals surface area (Å²) in [5.41, 5.74) is -0.673. The van der Waals surface area contributed by atoms with Gasteiger partial charge in [-0.25, -0.2) is 4.79 Å². The summed E-state index contributed by atoms with van der Waals surface area (Å²) in [6, 6.07) is -0.518. The first kappa shape index (κ1) is 19.8. The Morgan fingerprint density at radius 2 is 1.76 bits per heavy atom. The molecule has 0 spiro atoms. The van der Waals surface area contributed by atoms with Crippen LogP contribution in [-0.4, -0.2) is 41.6 Å². The standard InChI is InChI=1S/C14H26N2O4S/c1-14(2,10-12(18)19)9-11(17)16-13(20)15-7-5-4-6-8-21-3/h4-10H2,1-3H3,(H,18,19)(H2,15,16,17,20). The molecule has 21 heavy (non-hydrogen) atoms. The van der Waals surface area contributed by atoms with Gasteiger partial charge in [0.2, 0.25) is 5.91 Å². The van der Waals surface area contributed by atoms with E-state index >= 15 is 0 Å². The molecule has 0 aliphatic rings. The molecular weight excluding hydrogens is 292 g/mol. The van der Waals surface area contributed by atoms with Crippen molar-refractivity contribution < 1.29 is 19.5 Å². The van der Waals surface area contributed by atoms with E-state index in [1.807, 2.05) is 0 Å². The van der Waals surface area contributed by atoms with Crippen molar-refractivity contribution in [3.8, 4) is 0 Å². The van der Waals surface area contributed by atoms with Crippen LogP contribution in [-0.2, 0) is 9.59 Å². The number of thioether (sulfide) groups is 1. The van der Waals surface area contributed by atoms with Gasteiger partial charge in [0.05, 0.1) is 6.42 Å². The highest BCUT2D eigenvalue weighted by Crippen LogP contribution is 2.24. The first-order chi connectivity index (χ1) is 9.76. The number of urea groups is 1. The number of aliphatic carboxylic acids is 1. The Balaban J connectivity index is 3.84. The molecule has 0 heterocycles. The number of carbonyl (C=O) groups excluding carboxylic acids is 2. The average Bonchev–Trinajstić information content (AvgIpc) is 2.30. The summed E-state index contributed by atoms with van der Waals surface area (Å²) in [6.45, 7) is 3.90. The SMILES string of the molecule is CSCCCCCNC(=O)NC(=O)CC(C)(C)CC(=O)O. The Morgan fingerprint density at radius 1 is 1.10 bits per heavy atom. The van der Waals surface area contributed by atoms with Crippen molar-refractivity contribution >= 4 is 29.7 Å². The molecule has 0 aromatic carbocycles. The third-order valence-electron chi connectivity index (χ3n) is 2.83. The highest BCUT2D eigenvalue weighted by Gasteiger charge is 2.25. The number of nitrogens with one attached hydrogen (secondary N) is 2. The highest BCUT2D eigenvalue weighted by molar-refractivity contribution is 7.98. The van der Waals surface area contributed by atoms with E-state index in [1.165, 1.54) is 0 Å². The molecule has 0 saturated heterocycles. The second kappa shape index (κ2) is 10.5. The normalized spacial score (nSPS) is 11.0. The van der Waals surface area contributed by atoms with Gasteiger partial charge in [-0.1, -0.05) is 20.3 Å². The van der Waals surface area contributed by atoms with Gasteiger partial charge in [0.1, 0.15) is 0 Å². The van der Waals surface area contributed by atoms with E-state index in [9.17, 15) is 14.4 Å².